The van der Waals surface area contributed by atoms with Crippen LogP contribution in [0.25, 0.3) is 10.9 Å². The maximum absolute atomic E-state index is 14.8. The second kappa shape index (κ2) is 9.37. The second-order valence-corrected chi connectivity index (χ2v) is 8.19. The van der Waals surface area contributed by atoms with Gasteiger partial charge in [-0.1, -0.05) is 19.3 Å². The molecule has 7 heteroatoms. The van der Waals surface area contributed by atoms with Gasteiger partial charge in [-0.15, -0.1) is 0 Å². The zero-order valence-corrected chi connectivity index (χ0v) is 17.2. The molecule has 3 rings (SSSR count). The minimum atomic E-state index is -0.476. The van der Waals surface area contributed by atoms with Gasteiger partial charge in [-0.25, -0.2) is 9.18 Å². The third-order valence-corrected chi connectivity index (χ3v) is 5.69. The van der Waals surface area contributed by atoms with E-state index in [1.165, 1.54) is 17.1 Å². The van der Waals surface area contributed by atoms with Gasteiger partial charge < -0.3 is 10.1 Å². The molecule has 0 amide bonds. The normalized spacial score (nSPS) is 15.2. The first-order valence-electron chi connectivity index (χ1n) is 10.6. The number of hydrogen-bond donors (Lipinski definition) is 1. The number of rotatable bonds is 8. The van der Waals surface area contributed by atoms with E-state index in [4.69, 9.17) is 0 Å². The lowest BCUT2D eigenvalue weighted by Gasteiger charge is -2.25. The van der Waals surface area contributed by atoms with E-state index in [1.807, 2.05) is 13.8 Å². The lowest BCUT2D eigenvalue weighted by Crippen LogP contribution is -2.41. The minimum absolute atomic E-state index is 0.181. The average molecular weight is 403 g/mol. The molecule has 0 atom stereocenters. The summed E-state index contributed by atoms with van der Waals surface area (Å²) in [7, 11) is 0. The van der Waals surface area contributed by atoms with Gasteiger partial charge in [0.25, 0.3) is 5.56 Å². The van der Waals surface area contributed by atoms with E-state index >= 15 is 0 Å². The van der Waals surface area contributed by atoms with Crippen LogP contribution in [-0.2, 0) is 11.3 Å². The molecule has 0 saturated heterocycles. The first-order valence-corrected chi connectivity index (χ1v) is 10.6. The van der Waals surface area contributed by atoms with Crippen molar-refractivity contribution in [2.24, 2.45) is 0 Å². The van der Waals surface area contributed by atoms with Crippen molar-refractivity contribution in [1.29, 1.82) is 0 Å². The summed E-state index contributed by atoms with van der Waals surface area (Å²) in [6.07, 6.45) is 7.81. The maximum atomic E-state index is 14.8. The monoisotopic (exact) mass is 403 g/mol. The van der Waals surface area contributed by atoms with Crippen LogP contribution >= 0.6 is 0 Å². The number of halogens is 1. The number of nitrogens with one attached hydrogen (secondary N) is 1. The number of carbonyl (C=O) groups excluding carboxylic acids is 1. The Bertz CT molecular complexity index is 987. The Morgan fingerprint density at radius 1 is 1.17 bits per heavy atom. The Balaban J connectivity index is 2.06. The molecule has 1 N–H and O–H groups in total. The summed E-state index contributed by atoms with van der Waals surface area (Å²) in [5.74, 6) is -0.471. The number of hydrogen-bond acceptors (Lipinski definition) is 4. The topological polar surface area (TPSA) is 73.1 Å². The Morgan fingerprint density at radius 3 is 2.55 bits per heavy atom. The van der Waals surface area contributed by atoms with Crippen molar-refractivity contribution in [3.8, 4) is 0 Å². The summed E-state index contributed by atoms with van der Waals surface area (Å²) in [6.45, 7) is 3.97. The maximum Gasteiger partial charge on any atom is 0.331 e. The lowest BCUT2D eigenvalue weighted by molar-refractivity contribution is -0.107. The molecule has 0 aliphatic heterocycles. The number of benzene rings is 1. The summed E-state index contributed by atoms with van der Waals surface area (Å²) < 4.78 is 17.6. The number of aromatic nitrogens is 2. The van der Waals surface area contributed by atoms with E-state index in [0.29, 0.717) is 30.5 Å². The molecular formula is C22H30FN3O3. The van der Waals surface area contributed by atoms with Gasteiger partial charge in [0, 0.05) is 25.0 Å². The molecular weight excluding hydrogens is 373 g/mol. The van der Waals surface area contributed by atoms with Crippen molar-refractivity contribution in [3.05, 3.63) is 38.8 Å². The summed E-state index contributed by atoms with van der Waals surface area (Å²) in [5, 5.41) is 3.49. The number of unbranched alkanes of at least 4 members (excludes halogenated alkanes) is 2. The Hall–Kier alpha value is -2.44. The van der Waals surface area contributed by atoms with Crippen LogP contribution in [0.4, 0.5) is 10.1 Å². The molecule has 0 spiro atoms. The smallest absolute Gasteiger partial charge is 0.331 e. The molecule has 0 radical (unpaired) electrons. The predicted molar refractivity (Wildman–Crippen MR) is 113 cm³/mol. The summed E-state index contributed by atoms with van der Waals surface area (Å²) in [5.41, 5.74) is -0.0601. The summed E-state index contributed by atoms with van der Waals surface area (Å²) in [6, 6.07) is 2.90. The van der Waals surface area contributed by atoms with Gasteiger partial charge in [0.1, 0.15) is 12.1 Å². The van der Waals surface area contributed by atoms with E-state index in [0.717, 1.165) is 32.0 Å². The van der Waals surface area contributed by atoms with Gasteiger partial charge in [0.2, 0.25) is 0 Å². The molecule has 158 valence electrons. The van der Waals surface area contributed by atoms with Crippen LogP contribution in [0.15, 0.2) is 21.7 Å². The van der Waals surface area contributed by atoms with E-state index in [1.54, 1.807) is 10.6 Å². The highest BCUT2D eigenvalue weighted by molar-refractivity contribution is 5.82. The van der Waals surface area contributed by atoms with E-state index in [9.17, 15) is 18.8 Å². The summed E-state index contributed by atoms with van der Waals surface area (Å²) >= 11 is 0. The number of aldehydes is 1. The van der Waals surface area contributed by atoms with Gasteiger partial charge in [-0.3, -0.25) is 13.9 Å². The fraction of sp³-hybridized carbons (Fsp3) is 0.591. The molecule has 6 nitrogen and oxygen atoms in total. The van der Waals surface area contributed by atoms with Crippen molar-refractivity contribution in [3.63, 3.8) is 0 Å². The average Bonchev–Trinajstić information content (AvgIpc) is 2.69. The van der Waals surface area contributed by atoms with Crippen molar-refractivity contribution < 1.29 is 9.18 Å². The molecule has 1 heterocycles. The third-order valence-electron chi connectivity index (χ3n) is 5.69. The number of fused-ring (bicyclic) bond motifs is 1. The Kier molecular flexibility index (Phi) is 6.87. The third kappa shape index (κ3) is 4.60. The molecule has 1 fully saturated rings. The van der Waals surface area contributed by atoms with Crippen LogP contribution in [-0.4, -0.2) is 21.5 Å². The SMILES string of the molecule is CC(C)n1c(=O)n(CCCCC=O)c(=O)c2cc(F)c(NC3CCCCC3)cc21. The highest BCUT2D eigenvalue weighted by Crippen LogP contribution is 2.26. The first kappa shape index (κ1) is 21.3. The van der Waals surface area contributed by atoms with Crippen LogP contribution < -0.4 is 16.6 Å². The Morgan fingerprint density at radius 2 is 1.90 bits per heavy atom. The summed E-state index contributed by atoms with van der Waals surface area (Å²) in [4.78, 5) is 36.5. The van der Waals surface area contributed by atoms with E-state index < -0.39 is 11.4 Å². The van der Waals surface area contributed by atoms with Gasteiger partial charge in [0.05, 0.1) is 16.6 Å². The predicted octanol–water partition coefficient (Wildman–Crippen LogP) is 4.00. The fourth-order valence-electron chi connectivity index (χ4n) is 4.17. The second-order valence-electron chi connectivity index (χ2n) is 8.19. The minimum Gasteiger partial charge on any atom is -0.380 e. The van der Waals surface area contributed by atoms with Crippen LogP contribution in [0.1, 0.15) is 71.3 Å². The first-order chi connectivity index (χ1) is 13.9. The molecule has 1 aromatic heterocycles. The van der Waals surface area contributed by atoms with Gasteiger partial charge in [-0.2, -0.15) is 0 Å². The zero-order chi connectivity index (χ0) is 21.0. The van der Waals surface area contributed by atoms with Crippen LogP contribution in [0.5, 0.6) is 0 Å². The zero-order valence-electron chi connectivity index (χ0n) is 17.2. The van der Waals surface area contributed by atoms with Crippen molar-refractivity contribution in [2.45, 2.75) is 83.8 Å². The number of nitrogens with zero attached hydrogens (tertiary/aromatic N) is 2. The van der Waals surface area contributed by atoms with E-state index in [2.05, 4.69) is 5.32 Å². The van der Waals surface area contributed by atoms with E-state index in [-0.39, 0.29) is 29.7 Å². The quantitative estimate of drug-likeness (QED) is 0.534. The standard InChI is InChI=1S/C22H30FN3O3/c1-15(2)26-20-14-19(24-16-9-5-3-6-10-16)18(23)13-17(20)21(28)25(22(26)29)11-7-4-8-12-27/h12-16,24H,3-11H2,1-2H3. The lowest BCUT2D eigenvalue weighted by atomic mass is 9.95. The number of anilines is 1. The van der Waals surface area contributed by atoms with Crippen LogP contribution in [0.2, 0.25) is 0 Å². The molecule has 1 saturated carbocycles. The Labute approximate surface area is 169 Å². The molecule has 1 aliphatic carbocycles. The molecule has 2 aromatic rings. The largest absolute Gasteiger partial charge is 0.380 e. The molecule has 0 unspecified atom stereocenters. The van der Waals surface area contributed by atoms with Gasteiger partial charge >= 0.3 is 5.69 Å². The molecule has 29 heavy (non-hydrogen) atoms. The molecule has 1 aromatic carbocycles. The van der Waals surface area contributed by atoms with Crippen molar-refractivity contribution in [2.75, 3.05) is 5.32 Å². The van der Waals surface area contributed by atoms with Crippen molar-refractivity contribution in [1.82, 2.24) is 9.13 Å². The van der Waals surface area contributed by atoms with Gasteiger partial charge in [0.15, 0.2) is 0 Å². The van der Waals surface area contributed by atoms with Crippen molar-refractivity contribution >= 4 is 22.9 Å². The van der Waals surface area contributed by atoms with Crippen LogP contribution in [0.3, 0.4) is 0 Å². The highest BCUT2D eigenvalue weighted by Gasteiger charge is 2.20. The molecule has 1 aliphatic rings. The van der Waals surface area contributed by atoms with Gasteiger partial charge in [-0.05, 0) is 51.7 Å². The number of carbonyl (C=O) groups is 1. The molecule has 0 bridgehead atoms. The fourth-order valence-corrected chi connectivity index (χ4v) is 4.17. The highest BCUT2D eigenvalue weighted by atomic mass is 19.1. The van der Waals surface area contributed by atoms with Crippen LogP contribution in [0, 0.1) is 5.82 Å².